The minimum Gasteiger partial charge on any atom is -0.309 e. The van der Waals surface area contributed by atoms with Gasteiger partial charge in [-0.1, -0.05) is 370 Å². The molecule has 632 valence electrons. The highest BCUT2D eigenvalue weighted by Gasteiger charge is 2.22. The molecular formula is C128H85N7. The molecule has 7 nitrogen and oxygen atoms in total. The molecule has 0 aliphatic carbocycles. The van der Waals surface area contributed by atoms with Gasteiger partial charge in [-0.2, -0.15) is 0 Å². The van der Waals surface area contributed by atoms with Gasteiger partial charge in [-0.15, -0.1) is 0 Å². The Bertz CT molecular complexity index is 9040. The number of hydrogen-bond acceptors (Lipinski definition) is 2. The zero-order valence-electron chi connectivity index (χ0n) is 73.7. The maximum atomic E-state index is 5.13. The van der Waals surface area contributed by atoms with Crippen LogP contribution in [-0.4, -0.2) is 32.8 Å². The van der Waals surface area contributed by atoms with E-state index in [4.69, 9.17) is 9.97 Å². The molecule has 21 aromatic carbocycles. The van der Waals surface area contributed by atoms with Crippen molar-refractivity contribution in [2.75, 3.05) is 0 Å². The minimum absolute atomic E-state index is 0.659. The highest BCUT2D eigenvalue weighted by molar-refractivity contribution is 6.15. The Kier molecular flexibility index (Phi) is 19.8. The predicted molar refractivity (Wildman–Crippen MR) is 568 cm³/mol. The van der Waals surface area contributed by atoms with Gasteiger partial charge in [0.1, 0.15) is 0 Å². The molecular weight excluding hydrogens is 1640 g/mol. The van der Waals surface area contributed by atoms with Gasteiger partial charge in [0.2, 0.25) is 5.95 Å². The van der Waals surface area contributed by atoms with Gasteiger partial charge in [-0.3, -0.25) is 4.57 Å². The number of aromatic nitrogens is 7. The van der Waals surface area contributed by atoms with Gasteiger partial charge in [0, 0.05) is 88.4 Å². The fraction of sp³-hybridized carbons (Fsp3) is 0. The molecule has 6 aromatic heterocycles. The van der Waals surface area contributed by atoms with E-state index in [9.17, 15) is 0 Å². The van der Waals surface area contributed by atoms with Crippen LogP contribution in [0, 0.1) is 0 Å². The molecule has 0 aliphatic rings. The van der Waals surface area contributed by atoms with Crippen LogP contribution >= 0.6 is 0 Å². The molecule has 135 heavy (non-hydrogen) atoms. The average Bonchev–Trinajstić information content (AvgIpc) is 1.59. The third-order valence-corrected chi connectivity index (χ3v) is 26.9. The lowest BCUT2D eigenvalue weighted by Crippen LogP contribution is -2.01. The Balaban J connectivity index is 0.000000109. The van der Waals surface area contributed by atoms with E-state index in [2.05, 4.69) is 514 Å². The lowest BCUT2D eigenvalue weighted by Gasteiger charge is -2.14. The standard InChI is InChI=1S/C48H32N2.C40H27N3.C40H26N2/c1-3-13-33(14-4-1)37-29-38(34-15-5-2-6-16-34)31-40(30-37)50-47-22-12-9-19-43(47)44-32-36(25-28-48(44)50)35-23-26-39(27-24-35)49-45-20-10-7-17-41(45)42-18-8-11-21-46(42)49;1-3-10-28(11-4-1)30-18-20-31(21-19-30)32-14-9-15-34(26-32)37-24-25-41-40(42-37)43-38-17-8-7-16-35(38)36-23-22-33(27-39(36)43)29-12-5-2-6-13-29;1-2-10-29-25-32(23-19-27(29)9-1)42-39-16-8-5-13-35(39)36-26-30(20-24-40(36)42)28-17-21-31(22-18-28)41-37-14-6-3-11-33(37)34-12-4-7-15-38(34)41/h1-32H;1-27H;1-26H. The second-order valence-corrected chi connectivity index (χ2v) is 34.8. The van der Waals surface area contributed by atoms with Crippen molar-refractivity contribution < 1.29 is 0 Å². The lowest BCUT2D eigenvalue weighted by molar-refractivity contribution is 0.992. The highest BCUT2D eigenvalue weighted by atomic mass is 15.2. The summed E-state index contributed by atoms with van der Waals surface area (Å²) >= 11 is 0. The van der Waals surface area contributed by atoms with Crippen LogP contribution in [0.2, 0.25) is 0 Å². The second-order valence-electron chi connectivity index (χ2n) is 34.8. The van der Waals surface area contributed by atoms with Crippen LogP contribution in [0.4, 0.5) is 0 Å². The van der Waals surface area contributed by atoms with Gasteiger partial charge in [0.15, 0.2) is 0 Å². The van der Waals surface area contributed by atoms with Crippen LogP contribution in [-0.2, 0) is 0 Å². The first kappa shape index (κ1) is 79.2. The van der Waals surface area contributed by atoms with Gasteiger partial charge in [0.25, 0.3) is 0 Å². The van der Waals surface area contributed by atoms with Crippen molar-refractivity contribution >= 4 is 120 Å². The summed E-state index contributed by atoms with van der Waals surface area (Å²) in [4.78, 5) is 9.91. The molecule has 0 unspecified atom stereocenters. The van der Waals surface area contributed by atoms with Crippen LogP contribution in [0.1, 0.15) is 0 Å². The number of benzene rings is 21. The van der Waals surface area contributed by atoms with E-state index >= 15 is 0 Å². The second kappa shape index (κ2) is 33.8. The first-order valence-corrected chi connectivity index (χ1v) is 46.1. The third-order valence-electron chi connectivity index (χ3n) is 26.9. The molecule has 0 aliphatic heterocycles. The van der Waals surface area contributed by atoms with Crippen molar-refractivity contribution in [3.8, 4) is 118 Å². The predicted octanol–water partition coefficient (Wildman–Crippen LogP) is 33.8. The molecule has 0 saturated heterocycles. The van der Waals surface area contributed by atoms with Crippen molar-refractivity contribution in [3.05, 3.63) is 516 Å². The molecule has 0 amide bonds. The molecule has 0 fully saturated rings. The molecule has 0 atom stereocenters. The molecule has 7 heteroatoms. The number of para-hydroxylation sites is 7. The smallest absolute Gasteiger partial charge is 0.235 e. The van der Waals surface area contributed by atoms with Gasteiger partial charge >= 0.3 is 0 Å². The van der Waals surface area contributed by atoms with Crippen molar-refractivity contribution in [3.63, 3.8) is 0 Å². The molecule has 27 rings (SSSR count). The molecule has 6 heterocycles. The third kappa shape index (κ3) is 14.3. The van der Waals surface area contributed by atoms with Crippen molar-refractivity contribution in [1.82, 2.24) is 32.8 Å². The van der Waals surface area contributed by atoms with E-state index in [1.165, 1.54) is 192 Å². The first-order valence-electron chi connectivity index (χ1n) is 46.1. The van der Waals surface area contributed by atoms with E-state index < -0.39 is 0 Å². The van der Waals surface area contributed by atoms with Crippen LogP contribution < -0.4 is 0 Å². The Hall–Kier alpha value is -18.0. The summed E-state index contributed by atoms with van der Waals surface area (Å²) in [5, 5.41) is 15.0. The Labute approximate surface area is 780 Å². The van der Waals surface area contributed by atoms with Crippen LogP contribution in [0.25, 0.3) is 238 Å². The van der Waals surface area contributed by atoms with Gasteiger partial charge in [-0.25, -0.2) is 9.97 Å². The molecule has 0 spiro atoms. The first-order chi connectivity index (χ1) is 66.9. The largest absolute Gasteiger partial charge is 0.309 e. The van der Waals surface area contributed by atoms with Crippen LogP contribution in [0.5, 0.6) is 0 Å². The number of nitrogens with zero attached hydrogens (tertiary/aromatic N) is 7. The molecule has 27 aromatic rings. The summed E-state index contributed by atoms with van der Waals surface area (Å²) < 4.78 is 11.8. The van der Waals surface area contributed by atoms with E-state index in [1.54, 1.807) is 0 Å². The number of fused-ring (bicyclic) bond motifs is 16. The van der Waals surface area contributed by atoms with Gasteiger partial charge in [-0.05, 0) is 228 Å². The zero-order valence-corrected chi connectivity index (χ0v) is 73.7. The Morgan fingerprint density at radius 3 is 0.867 bits per heavy atom. The van der Waals surface area contributed by atoms with E-state index in [0.717, 1.165) is 39.2 Å². The molecule has 0 N–H and O–H groups in total. The number of rotatable bonds is 13. The van der Waals surface area contributed by atoms with E-state index in [-0.39, 0.29) is 0 Å². The highest BCUT2D eigenvalue weighted by Crippen LogP contribution is 2.44. The summed E-state index contributed by atoms with van der Waals surface area (Å²) in [5.41, 5.74) is 35.3. The SMILES string of the molecule is c1ccc(-c2cc(-c3ccccc3)cc(-n3c4ccccc4c4cc(-c5ccc(-n6c7ccccc7c7ccccc76)cc5)ccc43)c2)cc1.c1ccc(-c2ccc(-c3cccc(-c4ccnc(-n5c6ccccc6c6ccc(-c7ccccc7)cc65)n4)c3)cc2)cc1.c1ccc2cc(-n3c4ccccc4c4cc(-c5ccc(-n6c7ccccc7c7ccccc76)cc5)ccc43)ccc2c1. The molecule has 0 saturated carbocycles. The maximum absolute atomic E-state index is 5.13. The van der Waals surface area contributed by atoms with E-state index in [0.29, 0.717) is 5.95 Å². The summed E-state index contributed by atoms with van der Waals surface area (Å²) in [5.74, 6) is 0.659. The molecule has 0 bridgehead atoms. The Morgan fingerprint density at radius 1 is 0.133 bits per heavy atom. The zero-order chi connectivity index (χ0) is 89.2. The van der Waals surface area contributed by atoms with Crippen LogP contribution in [0.15, 0.2) is 516 Å². The quantitative estimate of drug-likeness (QED) is 0.116. The number of hydrogen-bond donors (Lipinski definition) is 0. The van der Waals surface area contributed by atoms with Crippen molar-refractivity contribution in [2.45, 2.75) is 0 Å². The van der Waals surface area contributed by atoms with Crippen molar-refractivity contribution in [1.29, 1.82) is 0 Å². The van der Waals surface area contributed by atoms with E-state index in [1.807, 2.05) is 24.4 Å². The fourth-order valence-corrected chi connectivity index (χ4v) is 20.5. The van der Waals surface area contributed by atoms with Gasteiger partial charge < -0.3 is 18.3 Å². The average molecular weight is 1720 g/mol. The summed E-state index contributed by atoms with van der Waals surface area (Å²) in [6.07, 6.45) is 1.86. The topological polar surface area (TPSA) is 50.4 Å². The minimum atomic E-state index is 0.659. The molecule has 0 radical (unpaired) electrons. The monoisotopic (exact) mass is 1720 g/mol. The van der Waals surface area contributed by atoms with Crippen LogP contribution in [0.3, 0.4) is 0 Å². The lowest BCUT2D eigenvalue weighted by atomic mass is 9.98. The summed E-state index contributed by atoms with van der Waals surface area (Å²) in [6, 6.07) is 183. The summed E-state index contributed by atoms with van der Waals surface area (Å²) in [6.45, 7) is 0. The maximum Gasteiger partial charge on any atom is 0.235 e. The van der Waals surface area contributed by atoms with Gasteiger partial charge in [0.05, 0.1) is 60.9 Å². The normalized spacial score (nSPS) is 11.6. The summed E-state index contributed by atoms with van der Waals surface area (Å²) in [7, 11) is 0. The Morgan fingerprint density at radius 2 is 0.415 bits per heavy atom. The van der Waals surface area contributed by atoms with Crippen molar-refractivity contribution in [2.24, 2.45) is 0 Å². The fourth-order valence-electron chi connectivity index (χ4n) is 20.5.